The molecule has 0 atom stereocenters. The van der Waals surface area contributed by atoms with E-state index in [2.05, 4.69) is 0 Å². The highest BCUT2D eigenvalue weighted by molar-refractivity contribution is 7.95. The highest BCUT2D eigenvalue weighted by atomic mass is 32.2. The van der Waals surface area contributed by atoms with Crippen LogP contribution in [0, 0.1) is 0 Å². The van der Waals surface area contributed by atoms with Gasteiger partial charge < -0.3 is 9.84 Å². The minimum Gasteiger partial charge on any atom is -0.497 e. The standard InChI is InChI=1S/C14H13NO4S2/c1-19-13-4-2-3-11(8-13)15-12(9-16)7-10-5-6-20-14(10)21(15,17)18/h2-8,16H,9H2,1H3. The smallest absolute Gasteiger partial charge is 0.278 e. The van der Waals surface area contributed by atoms with Crippen LogP contribution in [0.15, 0.2) is 45.6 Å². The molecule has 0 unspecified atom stereocenters. The van der Waals surface area contributed by atoms with Crippen molar-refractivity contribution in [3.8, 4) is 5.75 Å². The summed E-state index contributed by atoms with van der Waals surface area (Å²) in [5.74, 6) is 0.553. The average molecular weight is 323 g/mol. The molecule has 0 radical (unpaired) electrons. The SMILES string of the molecule is COc1cccc(N2C(CO)=Cc3ccsc3S2(=O)=O)c1. The zero-order valence-electron chi connectivity index (χ0n) is 11.2. The summed E-state index contributed by atoms with van der Waals surface area (Å²) in [5.41, 5.74) is 1.37. The number of hydrogen-bond acceptors (Lipinski definition) is 5. The second kappa shape index (κ2) is 5.18. The zero-order valence-corrected chi connectivity index (χ0v) is 12.8. The largest absolute Gasteiger partial charge is 0.497 e. The fraction of sp³-hybridized carbons (Fsp3) is 0.143. The molecule has 1 aliphatic rings. The molecule has 1 N–H and O–H groups in total. The van der Waals surface area contributed by atoms with E-state index in [1.54, 1.807) is 41.8 Å². The second-order valence-electron chi connectivity index (χ2n) is 4.43. The topological polar surface area (TPSA) is 66.8 Å². The number of fused-ring (bicyclic) bond motifs is 1. The van der Waals surface area contributed by atoms with Crippen LogP contribution in [-0.2, 0) is 10.0 Å². The summed E-state index contributed by atoms with van der Waals surface area (Å²) < 4.78 is 32.1. The summed E-state index contributed by atoms with van der Waals surface area (Å²) >= 11 is 1.17. The van der Waals surface area contributed by atoms with Crippen LogP contribution >= 0.6 is 11.3 Å². The third kappa shape index (κ3) is 2.23. The normalized spacial score (nSPS) is 16.3. The number of sulfonamides is 1. The molecule has 110 valence electrons. The lowest BCUT2D eigenvalue weighted by molar-refractivity contribution is 0.330. The van der Waals surface area contributed by atoms with E-state index in [-0.39, 0.29) is 10.8 Å². The quantitative estimate of drug-likeness (QED) is 0.941. The lowest BCUT2D eigenvalue weighted by Gasteiger charge is -2.29. The van der Waals surface area contributed by atoms with Crippen molar-refractivity contribution in [1.29, 1.82) is 0 Å². The molecular formula is C14H13NO4S2. The van der Waals surface area contributed by atoms with E-state index in [0.717, 1.165) is 4.31 Å². The monoisotopic (exact) mass is 323 g/mol. The Morgan fingerprint density at radius 3 is 2.86 bits per heavy atom. The number of nitrogens with zero attached hydrogens (tertiary/aromatic N) is 1. The summed E-state index contributed by atoms with van der Waals surface area (Å²) in [6, 6.07) is 8.47. The first kappa shape index (κ1) is 14.1. The lowest BCUT2D eigenvalue weighted by atomic mass is 10.2. The number of anilines is 1. The van der Waals surface area contributed by atoms with E-state index in [4.69, 9.17) is 4.74 Å². The number of rotatable bonds is 3. The predicted molar refractivity (Wildman–Crippen MR) is 82.0 cm³/mol. The molecule has 3 rings (SSSR count). The van der Waals surface area contributed by atoms with Gasteiger partial charge in [0.1, 0.15) is 9.96 Å². The summed E-state index contributed by atoms with van der Waals surface area (Å²) in [7, 11) is -2.19. The molecule has 0 amide bonds. The number of benzene rings is 1. The maximum absolute atomic E-state index is 12.8. The molecule has 1 aliphatic heterocycles. The van der Waals surface area contributed by atoms with E-state index in [0.29, 0.717) is 22.7 Å². The molecule has 0 spiro atoms. The van der Waals surface area contributed by atoms with Gasteiger partial charge in [-0.2, -0.15) is 8.42 Å². The first-order chi connectivity index (χ1) is 10.1. The van der Waals surface area contributed by atoms with Gasteiger partial charge in [0, 0.05) is 11.6 Å². The highest BCUT2D eigenvalue weighted by Gasteiger charge is 2.34. The van der Waals surface area contributed by atoms with Crippen molar-refractivity contribution in [3.05, 3.63) is 47.0 Å². The Labute approximate surface area is 126 Å². The van der Waals surface area contributed by atoms with Gasteiger partial charge in [0.15, 0.2) is 0 Å². The fourth-order valence-corrected chi connectivity index (χ4v) is 5.13. The van der Waals surface area contributed by atoms with Gasteiger partial charge in [0.2, 0.25) is 0 Å². The number of aliphatic hydroxyl groups excluding tert-OH is 1. The Hall–Kier alpha value is -1.83. The van der Waals surface area contributed by atoms with Crippen molar-refractivity contribution < 1.29 is 18.3 Å². The van der Waals surface area contributed by atoms with Crippen molar-refractivity contribution >= 4 is 33.1 Å². The van der Waals surface area contributed by atoms with Crippen molar-refractivity contribution in [2.75, 3.05) is 18.0 Å². The molecule has 0 saturated carbocycles. The third-order valence-electron chi connectivity index (χ3n) is 3.17. The van der Waals surface area contributed by atoms with Gasteiger partial charge in [0.25, 0.3) is 10.0 Å². The van der Waals surface area contributed by atoms with Gasteiger partial charge in [-0.05, 0) is 29.7 Å². The number of ether oxygens (including phenoxy) is 1. The third-order valence-corrected chi connectivity index (χ3v) is 6.44. The molecule has 0 aliphatic carbocycles. The molecule has 21 heavy (non-hydrogen) atoms. The fourth-order valence-electron chi connectivity index (χ4n) is 2.25. The van der Waals surface area contributed by atoms with Crippen LogP contribution in [0.5, 0.6) is 5.75 Å². The van der Waals surface area contributed by atoms with Crippen LogP contribution < -0.4 is 9.04 Å². The second-order valence-corrected chi connectivity index (χ2v) is 7.33. The zero-order chi connectivity index (χ0) is 15.0. The van der Waals surface area contributed by atoms with E-state index in [9.17, 15) is 13.5 Å². The molecule has 2 aromatic rings. The number of aliphatic hydroxyl groups is 1. The Kier molecular flexibility index (Phi) is 3.48. The van der Waals surface area contributed by atoms with Gasteiger partial charge in [-0.25, -0.2) is 4.31 Å². The van der Waals surface area contributed by atoms with E-state index in [1.165, 1.54) is 18.4 Å². The molecular weight excluding hydrogens is 310 g/mol. The summed E-state index contributed by atoms with van der Waals surface area (Å²) in [6.07, 6.45) is 1.69. The minimum absolute atomic E-state index is 0.280. The lowest BCUT2D eigenvalue weighted by Crippen LogP contribution is -2.33. The average Bonchev–Trinajstić information content (AvgIpc) is 2.96. The van der Waals surface area contributed by atoms with Crippen molar-refractivity contribution in [2.45, 2.75) is 4.21 Å². The van der Waals surface area contributed by atoms with Gasteiger partial charge in [0.05, 0.1) is 25.1 Å². The van der Waals surface area contributed by atoms with Gasteiger partial charge in [-0.15, -0.1) is 11.3 Å². The van der Waals surface area contributed by atoms with Gasteiger partial charge >= 0.3 is 0 Å². The van der Waals surface area contributed by atoms with Crippen molar-refractivity contribution in [1.82, 2.24) is 0 Å². The van der Waals surface area contributed by atoms with Crippen molar-refractivity contribution in [2.24, 2.45) is 0 Å². The first-order valence-electron chi connectivity index (χ1n) is 6.16. The van der Waals surface area contributed by atoms with Crippen molar-refractivity contribution in [3.63, 3.8) is 0 Å². The van der Waals surface area contributed by atoms with Gasteiger partial charge in [-0.3, -0.25) is 0 Å². The minimum atomic E-state index is -3.71. The Morgan fingerprint density at radius 2 is 2.14 bits per heavy atom. The number of hydrogen-bond donors (Lipinski definition) is 1. The highest BCUT2D eigenvalue weighted by Crippen LogP contribution is 2.38. The molecule has 1 aromatic heterocycles. The maximum Gasteiger partial charge on any atom is 0.278 e. The van der Waals surface area contributed by atoms with E-state index >= 15 is 0 Å². The van der Waals surface area contributed by atoms with E-state index in [1.807, 2.05) is 0 Å². The molecule has 0 fully saturated rings. The van der Waals surface area contributed by atoms with Crippen LogP contribution in [-0.4, -0.2) is 27.2 Å². The number of thiophene rings is 1. The maximum atomic E-state index is 12.8. The summed E-state index contributed by atoms with van der Waals surface area (Å²) in [6.45, 7) is -0.369. The van der Waals surface area contributed by atoms with Crippen LogP contribution in [0.3, 0.4) is 0 Å². The van der Waals surface area contributed by atoms with Crippen LogP contribution in [0.25, 0.3) is 6.08 Å². The summed E-state index contributed by atoms with van der Waals surface area (Å²) in [5, 5.41) is 11.3. The Bertz CT molecular complexity index is 808. The van der Waals surface area contributed by atoms with Crippen LogP contribution in [0.2, 0.25) is 0 Å². The van der Waals surface area contributed by atoms with Gasteiger partial charge in [-0.1, -0.05) is 6.07 Å². The summed E-state index contributed by atoms with van der Waals surface area (Å²) in [4.78, 5) is 0. The molecule has 2 heterocycles. The predicted octanol–water partition coefficient (Wildman–Crippen LogP) is 2.30. The molecule has 5 nitrogen and oxygen atoms in total. The Balaban J connectivity index is 2.21. The Morgan fingerprint density at radius 1 is 1.33 bits per heavy atom. The van der Waals surface area contributed by atoms with E-state index < -0.39 is 10.0 Å². The van der Waals surface area contributed by atoms with Crippen LogP contribution in [0.4, 0.5) is 5.69 Å². The molecule has 0 bridgehead atoms. The first-order valence-corrected chi connectivity index (χ1v) is 8.48. The molecule has 0 saturated heterocycles. The number of methoxy groups -OCH3 is 1. The van der Waals surface area contributed by atoms with Crippen LogP contribution in [0.1, 0.15) is 5.56 Å². The molecule has 7 heteroatoms. The molecule has 1 aromatic carbocycles.